The third kappa shape index (κ3) is 3.10. The monoisotopic (exact) mass is 315 g/mol. The van der Waals surface area contributed by atoms with Gasteiger partial charge >= 0.3 is 0 Å². The van der Waals surface area contributed by atoms with Crippen LogP contribution < -0.4 is 10.6 Å². The molecule has 1 saturated heterocycles. The Bertz CT molecular complexity index is 575. The van der Waals surface area contributed by atoms with Crippen LogP contribution in [-0.4, -0.2) is 42.6 Å². The van der Waals surface area contributed by atoms with Gasteiger partial charge in [-0.2, -0.15) is 11.8 Å². The highest BCUT2D eigenvalue weighted by Crippen LogP contribution is 2.28. The van der Waals surface area contributed by atoms with E-state index in [-0.39, 0.29) is 5.75 Å². The van der Waals surface area contributed by atoms with Crippen LogP contribution in [0.25, 0.3) is 0 Å². The molecule has 0 aliphatic carbocycles. The Morgan fingerprint density at radius 2 is 2.25 bits per heavy atom. The molecule has 0 amide bonds. The lowest BCUT2D eigenvalue weighted by Crippen LogP contribution is -2.48. The van der Waals surface area contributed by atoms with E-state index in [1.165, 1.54) is 0 Å². The lowest BCUT2D eigenvalue weighted by molar-refractivity contribution is 0.578. The van der Waals surface area contributed by atoms with Crippen molar-refractivity contribution in [3.8, 4) is 0 Å². The fourth-order valence-corrected chi connectivity index (χ4v) is 5.26. The van der Waals surface area contributed by atoms with Crippen LogP contribution in [0.1, 0.15) is 18.2 Å². The van der Waals surface area contributed by atoms with Crippen molar-refractivity contribution >= 4 is 27.4 Å². The van der Waals surface area contributed by atoms with Gasteiger partial charge < -0.3 is 10.6 Å². The second-order valence-electron chi connectivity index (χ2n) is 4.81. The van der Waals surface area contributed by atoms with Crippen molar-refractivity contribution in [1.29, 1.82) is 0 Å². The topological polar surface area (TPSA) is 76.3 Å². The Kier molecular flexibility index (Phi) is 4.93. The molecule has 0 radical (unpaired) electrons. The molecule has 7 heteroatoms. The van der Waals surface area contributed by atoms with Gasteiger partial charge in [-0.1, -0.05) is 13.0 Å². The van der Waals surface area contributed by atoms with E-state index in [4.69, 9.17) is 5.73 Å². The third-order valence-electron chi connectivity index (χ3n) is 3.49. The summed E-state index contributed by atoms with van der Waals surface area (Å²) in [6.45, 7) is 4.66. The zero-order chi connectivity index (χ0) is 14.8. The van der Waals surface area contributed by atoms with Gasteiger partial charge in [0.2, 0.25) is 0 Å². The van der Waals surface area contributed by atoms with Crippen molar-refractivity contribution in [2.45, 2.75) is 25.8 Å². The van der Waals surface area contributed by atoms with Crippen molar-refractivity contribution in [1.82, 2.24) is 4.98 Å². The lowest BCUT2D eigenvalue weighted by Gasteiger charge is -2.36. The molecule has 2 rings (SSSR count). The number of hydrogen-bond donors (Lipinski definition) is 1. The molecule has 1 fully saturated rings. The molecule has 112 valence electrons. The summed E-state index contributed by atoms with van der Waals surface area (Å²) < 4.78 is 24.6. The van der Waals surface area contributed by atoms with Gasteiger partial charge in [0.05, 0.1) is 0 Å². The van der Waals surface area contributed by atoms with E-state index >= 15 is 0 Å². The molecule has 1 atom stereocenters. The zero-order valence-electron chi connectivity index (χ0n) is 11.9. The fourth-order valence-electron chi connectivity index (χ4n) is 2.29. The SMILES string of the molecule is CCS(=O)(=O)C1CSCCN1c1nc(C)ccc1CN. The van der Waals surface area contributed by atoms with Crippen LogP contribution >= 0.6 is 11.8 Å². The van der Waals surface area contributed by atoms with Crippen LogP contribution in [0.4, 0.5) is 5.82 Å². The first-order chi connectivity index (χ1) is 9.49. The number of nitrogens with two attached hydrogens (primary N) is 1. The number of hydrogen-bond acceptors (Lipinski definition) is 6. The number of thioether (sulfide) groups is 1. The van der Waals surface area contributed by atoms with Crippen LogP contribution in [0.2, 0.25) is 0 Å². The third-order valence-corrected chi connectivity index (χ3v) is 6.78. The van der Waals surface area contributed by atoms with Gasteiger partial charge in [-0.15, -0.1) is 0 Å². The van der Waals surface area contributed by atoms with Crippen LogP contribution in [0.5, 0.6) is 0 Å². The minimum Gasteiger partial charge on any atom is -0.338 e. The van der Waals surface area contributed by atoms with Gasteiger partial charge in [-0.05, 0) is 13.0 Å². The number of aryl methyl sites for hydroxylation is 1. The van der Waals surface area contributed by atoms with Crippen LogP contribution in [0, 0.1) is 6.92 Å². The van der Waals surface area contributed by atoms with Crippen molar-refractivity contribution < 1.29 is 8.42 Å². The normalized spacial score (nSPS) is 20.1. The van der Waals surface area contributed by atoms with Crippen LogP contribution in [-0.2, 0) is 16.4 Å². The molecule has 20 heavy (non-hydrogen) atoms. The first-order valence-electron chi connectivity index (χ1n) is 6.72. The number of sulfone groups is 1. The first-order valence-corrected chi connectivity index (χ1v) is 9.59. The fraction of sp³-hybridized carbons (Fsp3) is 0.615. The maximum atomic E-state index is 12.3. The van der Waals surface area contributed by atoms with Crippen molar-refractivity contribution in [3.05, 3.63) is 23.4 Å². The lowest BCUT2D eigenvalue weighted by atomic mass is 10.2. The van der Waals surface area contributed by atoms with E-state index in [1.807, 2.05) is 24.0 Å². The summed E-state index contributed by atoms with van der Waals surface area (Å²) in [5.74, 6) is 2.39. The average Bonchev–Trinajstić information content (AvgIpc) is 2.47. The summed E-state index contributed by atoms with van der Waals surface area (Å²) in [6, 6.07) is 3.85. The number of pyridine rings is 1. The Balaban J connectivity index is 2.45. The maximum Gasteiger partial charge on any atom is 0.171 e. The summed E-state index contributed by atoms with van der Waals surface area (Å²) in [5.41, 5.74) is 7.55. The predicted molar refractivity (Wildman–Crippen MR) is 84.8 cm³/mol. The Morgan fingerprint density at radius 3 is 2.90 bits per heavy atom. The maximum absolute atomic E-state index is 12.3. The number of anilines is 1. The molecular weight excluding hydrogens is 294 g/mol. The van der Waals surface area contributed by atoms with Crippen LogP contribution in [0.3, 0.4) is 0 Å². The number of aromatic nitrogens is 1. The second-order valence-corrected chi connectivity index (χ2v) is 8.41. The quantitative estimate of drug-likeness (QED) is 0.898. The Hall–Kier alpha value is -0.790. The number of rotatable bonds is 4. The van der Waals surface area contributed by atoms with Crippen molar-refractivity contribution in [2.24, 2.45) is 5.73 Å². The van der Waals surface area contributed by atoms with E-state index in [0.717, 1.165) is 22.8 Å². The van der Waals surface area contributed by atoms with E-state index in [9.17, 15) is 8.42 Å². The summed E-state index contributed by atoms with van der Waals surface area (Å²) >= 11 is 1.68. The van der Waals surface area contributed by atoms with Crippen molar-refractivity contribution in [2.75, 3.05) is 28.7 Å². The van der Waals surface area contributed by atoms with Gasteiger partial charge in [-0.25, -0.2) is 13.4 Å². The molecular formula is C13H21N3O2S2. The summed E-state index contributed by atoms with van der Waals surface area (Å²) in [4.78, 5) is 6.46. The molecule has 1 aliphatic rings. The van der Waals surface area contributed by atoms with E-state index < -0.39 is 15.2 Å². The summed E-state index contributed by atoms with van der Waals surface area (Å²) in [7, 11) is -3.13. The van der Waals surface area contributed by atoms with E-state index in [1.54, 1.807) is 18.7 Å². The molecule has 0 bridgehead atoms. The average molecular weight is 315 g/mol. The molecule has 0 saturated carbocycles. The van der Waals surface area contributed by atoms with Crippen molar-refractivity contribution in [3.63, 3.8) is 0 Å². The molecule has 0 aromatic carbocycles. The highest BCUT2D eigenvalue weighted by Gasteiger charge is 2.34. The minimum atomic E-state index is -3.13. The molecule has 2 heterocycles. The van der Waals surface area contributed by atoms with Gasteiger partial charge in [0, 0.05) is 41.6 Å². The summed E-state index contributed by atoms with van der Waals surface area (Å²) in [5, 5.41) is -0.495. The standard InChI is InChI=1S/C13H21N3O2S2/c1-3-20(17,18)12-9-19-7-6-16(12)13-11(8-14)5-4-10(2)15-13/h4-5,12H,3,6-9,14H2,1-2H3. The van der Waals surface area contributed by atoms with Crippen LogP contribution in [0.15, 0.2) is 12.1 Å². The smallest absolute Gasteiger partial charge is 0.171 e. The molecule has 2 N–H and O–H groups in total. The molecule has 1 aliphatic heterocycles. The van der Waals surface area contributed by atoms with E-state index in [0.29, 0.717) is 18.8 Å². The molecule has 0 spiro atoms. The van der Waals surface area contributed by atoms with E-state index in [2.05, 4.69) is 4.98 Å². The first kappa shape index (κ1) is 15.6. The summed E-state index contributed by atoms with van der Waals surface area (Å²) in [6.07, 6.45) is 0. The Morgan fingerprint density at radius 1 is 1.50 bits per heavy atom. The van der Waals surface area contributed by atoms with Gasteiger partial charge in [-0.3, -0.25) is 0 Å². The predicted octanol–water partition coefficient (Wildman–Crippen LogP) is 1.16. The van der Waals surface area contributed by atoms with Gasteiger partial charge in [0.15, 0.2) is 9.84 Å². The minimum absolute atomic E-state index is 0.151. The van der Waals surface area contributed by atoms with Gasteiger partial charge in [0.25, 0.3) is 0 Å². The Labute approximate surface area is 124 Å². The molecule has 1 aromatic rings. The van der Waals surface area contributed by atoms with Gasteiger partial charge in [0.1, 0.15) is 11.2 Å². The second kappa shape index (κ2) is 6.32. The molecule has 1 unspecified atom stereocenters. The largest absolute Gasteiger partial charge is 0.338 e. The number of nitrogens with zero attached hydrogens (tertiary/aromatic N) is 2. The highest BCUT2D eigenvalue weighted by molar-refractivity contribution is 8.01. The highest BCUT2D eigenvalue weighted by atomic mass is 32.2. The zero-order valence-corrected chi connectivity index (χ0v) is 13.5. The molecule has 1 aromatic heterocycles. The molecule has 5 nitrogen and oxygen atoms in total.